The first-order valence-electron chi connectivity index (χ1n) is 8.77. The van der Waals surface area contributed by atoms with Gasteiger partial charge in [0.2, 0.25) is 0 Å². The lowest BCUT2D eigenvalue weighted by atomic mass is 10.0. The molecule has 1 fully saturated rings. The molecule has 1 aliphatic heterocycles. The lowest BCUT2D eigenvalue weighted by Gasteiger charge is -2.32. The lowest BCUT2D eigenvalue weighted by Crippen LogP contribution is -2.41. The van der Waals surface area contributed by atoms with Crippen molar-refractivity contribution in [3.8, 4) is 5.75 Å². The van der Waals surface area contributed by atoms with Crippen LogP contribution in [0, 0.1) is 11.6 Å². The summed E-state index contributed by atoms with van der Waals surface area (Å²) < 4.78 is 32.3. The summed E-state index contributed by atoms with van der Waals surface area (Å²) in [6, 6.07) is 10.8. The summed E-state index contributed by atoms with van der Waals surface area (Å²) in [5.74, 6) is -1.31. The Bertz CT molecular complexity index is 757. The maximum Gasteiger partial charge on any atom is 0.253 e. The van der Waals surface area contributed by atoms with Crippen molar-refractivity contribution in [1.29, 1.82) is 0 Å². The largest absolute Gasteiger partial charge is 0.487 e. The molecule has 0 spiro atoms. The highest BCUT2D eigenvalue weighted by atomic mass is 19.1. The molecule has 1 aliphatic rings. The van der Waals surface area contributed by atoms with Crippen LogP contribution in [-0.2, 0) is 6.42 Å². The van der Waals surface area contributed by atoms with E-state index in [0.29, 0.717) is 38.0 Å². The van der Waals surface area contributed by atoms with Gasteiger partial charge in [-0.1, -0.05) is 12.1 Å². The molecule has 0 bridgehead atoms. The molecule has 1 amide bonds. The number of rotatable bonds is 5. The molecule has 3 rings (SSSR count). The van der Waals surface area contributed by atoms with E-state index in [0.717, 1.165) is 18.1 Å². The summed E-state index contributed by atoms with van der Waals surface area (Å²) in [6.07, 6.45) is 1.81. The van der Waals surface area contributed by atoms with E-state index in [1.807, 2.05) is 24.3 Å². The minimum absolute atomic E-state index is 0.0179. The number of carbonyl (C=O) groups excluding carboxylic acids is 1. The fraction of sp³-hybridized carbons (Fsp3) is 0.350. The Morgan fingerprint density at radius 1 is 1.12 bits per heavy atom. The summed E-state index contributed by atoms with van der Waals surface area (Å²) in [6.45, 7) is 1.66. The van der Waals surface area contributed by atoms with Crippen molar-refractivity contribution >= 4 is 5.91 Å². The van der Waals surface area contributed by atoms with Crippen molar-refractivity contribution in [2.24, 2.45) is 5.73 Å². The van der Waals surface area contributed by atoms with E-state index in [1.54, 1.807) is 4.90 Å². The van der Waals surface area contributed by atoms with E-state index < -0.39 is 11.6 Å². The van der Waals surface area contributed by atoms with Crippen LogP contribution in [0.25, 0.3) is 0 Å². The molecule has 4 nitrogen and oxygen atoms in total. The van der Waals surface area contributed by atoms with Crippen molar-refractivity contribution in [2.45, 2.75) is 25.4 Å². The van der Waals surface area contributed by atoms with Gasteiger partial charge in [-0.15, -0.1) is 0 Å². The first-order valence-corrected chi connectivity index (χ1v) is 8.77. The number of hydrogen-bond acceptors (Lipinski definition) is 3. The molecule has 1 saturated heterocycles. The minimum Gasteiger partial charge on any atom is -0.487 e. The molecule has 26 heavy (non-hydrogen) atoms. The van der Waals surface area contributed by atoms with Gasteiger partial charge >= 0.3 is 0 Å². The zero-order valence-corrected chi connectivity index (χ0v) is 14.5. The zero-order chi connectivity index (χ0) is 18.5. The Labute approximate surface area is 151 Å². The third-order valence-electron chi connectivity index (χ3n) is 4.55. The van der Waals surface area contributed by atoms with E-state index in [9.17, 15) is 13.6 Å². The van der Waals surface area contributed by atoms with Crippen LogP contribution in [0.1, 0.15) is 28.8 Å². The molecule has 0 unspecified atom stereocenters. The van der Waals surface area contributed by atoms with Crippen molar-refractivity contribution in [1.82, 2.24) is 4.90 Å². The number of likely N-dealkylation sites (tertiary alicyclic amines) is 1. The van der Waals surface area contributed by atoms with Gasteiger partial charge in [-0.2, -0.15) is 0 Å². The van der Waals surface area contributed by atoms with Crippen molar-refractivity contribution in [3.63, 3.8) is 0 Å². The Balaban J connectivity index is 1.55. The normalized spacial score (nSPS) is 15.1. The monoisotopic (exact) mass is 360 g/mol. The number of carbonyl (C=O) groups is 1. The Hall–Kier alpha value is -2.47. The third-order valence-corrected chi connectivity index (χ3v) is 4.55. The summed E-state index contributed by atoms with van der Waals surface area (Å²) >= 11 is 0. The number of hydrogen-bond donors (Lipinski definition) is 1. The van der Waals surface area contributed by atoms with E-state index in [4.69, 9.17) is 10.5 Å². The maximum atomic E-state index is 13.7. The molecule has 1 heterocycles. The molecule has 0 saturated carbocycles. The number of halogens is 2. The van der Waals surface area contributed by atoms with E-state index in [-0.39, 0.29) is 17.8 Å². The smallest absolute Gasteiger partial charge is 0.253 e. The highest BCUT2D eigenvalue weighted by molar-refractivity contribution is 5.94. The van der Waals surface area contributed by atoms with Gasteiger partial charge in [-0.3, -0.25) is 4.79 Å². The third kappa shape index (κ3) is 4.38. The van der Waals surface area contributed by atoms with E-state index in [1.165, 1.54) is 12.1 Å². The second-order valence-electron chi connectivity index (χ2n) is 6.42. The maximum absolute atomic E-state index is 13.7. The number of nitrogens with two attached hydrogens (primary N) is 1. The first kappa shape index (κ1) is 18.3. The topological polar surface area (TPSA) is 55.6 Å². The fourth-order valence-corrected chi connectivity index (χ4v) is 3.09. The second kappa shape index (κ2) is 8.27. The van der Waals surface area contributed by atoms with Crippen LogP contribution in [0.3, 0.4) is 0 Å². The van der Waals surface area contributed by atoms with Gasteiger partial charge in [0.25, 0.3) is 5.91 Å². The average Bonchev–Trinajstić information content (AvgIpc) is 2.65. The van der Waals surface area contributed by atoms with Crippen LogP contribution >= 0.6 is 0 Å². The van der Waals surface area contributed by atoms with E-state index in [2.05, 4.69) is 0 Å². The first-order chi connectivity index (χ1) is 12.6. The summed E-state index contributed by atoms with van der Waals surface area (Å²) in [5.41, 5.74) is 7.29. The summed E-state index contributed by atoms with van der Waals surface area (Å²) in [4.78, 5) is 14.4. The number of piperidine rings is 1. The molecule has 0 radical (unpaired) electrons. The molecular weight excluding hydrogens is 338 g/mol. The molecular formula is C20H22F2N2O2. The summed E-state index contributed by atoms with van der Waals surface area (Å²) in [7, 11) is 0. The van der Waals surface area contributed by atoms with Crippen molar-refractivity contribution in [3.05, 3.63) is 65.2 Å². The predicted octanol–water partition coefficient (Wildman–Crippen LogP) is 3.15. The molecule has 2 aromatic carbocycles. The number of amides is 1. The fourth-order valence-electron chi connectivity index (χ4n) is 3.09. The van der Waals surface area contributed by atoms with Crippen LogP contribution < -0.4 is 10.5 Å². The SMILES string of the molecule is NCCc1ccc(C(=O)N2CCC(Oc3ccc(F)cc3F)CC2)cc1. The van der Waals surface area contributed by atoms with Gasteiger partial charge in [0.1, 0.15) is 11.9 Å². The number of ether oxygens (including phenoxy) is 1. The van der Waals surface area contributed by atoms with Gasteiger partial charge in [0.05, 0.1) is 0 Å². The number of nitrogens with zero attached hydrogens (tertiary/aromatic N) is 1. The van der Waals surface area contributed by atoms with Gasteiger partial charge in [-0.05, 0) is 42.8 Å². The Kier molecular flexibility index (Phi) is 5.83. The predicted molar refractivity (Wildman–Crippen MR) is 95.1 cm³/mol. The average molecular weight is 360 g/mol. The quantitative estimate of drug-likeness (QED) is 0.891. The van der Waals surface area contributed by atoms with Crippen LogP contribution in [0.5, 0.6) is 5.75 Å². The Morgan fingerprint density at radius 2 is 1.81 bits per heavy atom. The van der Waals surface area contributed by atoms with E-state index >= 15 is 0 Å². The molecule has 0 aromatic heterocycles. The molecule has 2 N–H and O–H groups in total. The molecule has 2 aromatic rings. The Morgan fingerprint density at radius 3 is 2.42 bits per heavy atom. The minimum atomic E-state index is -0.707. The van der Waals surface area contributed by atoms with Crippen LogP contribution in [0.4, 0.5) is 8.78 Å². The van der Waals surface area contributed by atoms with Crippen LogP contribution in [0.2, 0.25) is 0 Å². The zero-order valence-electron chi connectivity index (χ0n) is 14.5. The van der Waals surface area contributed by atoms with Crippen LogP contribution in [0.15, 0.2) is 42.5 Å². The highest BCUT2D eigenvalue weighted by Gasteiger charge is 2.25. The second-order valence-corrected chi connectivity index (χ2v) is 6.42. The molecule has 138 valence electrons. The highest BCUT2D eigenvalue weighted by Crippen LogP contribution is 2.23. The lowest BCUT2D eigenvalue weighted by molar-refractivity contribution is 0.0588. The summed E-state index contributed by atoms with van der Waals surface area (Å²) in [5, 5.41) is 0. The molecule has 6 heteroatoms. The number of benzene rings is 2. The van der Waals surface area contributed by atoms with Gasteiger partial charge in [-0.25, -0.2) is 8.78 Å². The van der Waals surface area contributed by atoms with Gasteiger partial charge in [0, 0.05) is 37.6 Å². The molecule has 0 aliphatic carbocycles. The van der Waals surface area contributed by atoms with Gasteiger partial charge in [0.15, 0.2) is 11.6 Å². The van der Waals surface area contributed by atoms with Crippen molar-refractivity contribution < 1.29 is 18.3 Å². The standard InChI is InChI=1S/C20H22F2N2O2/c21-16-5-6-19(18(22)13-16)26-17-8-11-24(12-9-17)20(25)15-3-1-14(2-4-15)7-10-23/h1-6,13,17H,7-12,23H2. The van der Waals surface area contributed by atoms with Crippen molar-refractivity contribution in [2.75, 3.05) is 19.6 Å². The van der Waals surface area contributed by atoms with Gasteiger partial charge < -0.3 is 15.4 Å². The van der Waals surface area contributed by atoms with Crippen LogP contribution in [-0.4, -0.2) is 36.5 Å². The molecule has 0 atom stereocenters.